The average molecular weight is 392 g/mol. The highest BCUT2D eigenvalue weighted by atomic mass is 16.5. The molecule has 0 saturated carbocycles. The Morgan fingerprint density at radius 3 is 1.93 bits per heavy atom. The second kappa shape index (κ2) is 7.44. The predicted octanol–water partition coefficient (Wildman–Crippen LogP) is 5.37. The van der Waals surface area contributed by atoms with Crippen LogP contribution in [0, 0.1) is 0 Å². The van der Waals surface area contributed by atoms with Gasteiger partial charge in [0, 0.05) is 23.7 Å². The Kier molecular flexibility index (Phi) is 4.48. The number of imidazole rings is 1. The minimum absolute atomic E-state index is 0.686. The van der Waals surface area contributed by atoms with Crippen molar-refractivity contribution in [3.8, 4) is 39.8 Å². The molecule has 0 amide bonds. The van der Waals surface area contributed by atoms with Crippen LogP contribution < -0.4 is 4.74 Å². The Labute approximate surface area is 174 Å². The summed E-state index contributed by atoms with van der Waals surface area (Å²) in [6.07, 6.45) is 0. The molecule has 0 bridgehead atoms. The largest absolute Gasteiger partial charge is 0.497 e. The van der Waals surface area contributed by atoms with Crippen LogP contribution in [0.1, 0.15) is 0 Å². The van der Waals surface area contributed by atoms with Crippen molar-refractivity contribution in [2.45, 2.75) is 0 Å². The minimum atomic E-state index is 0.686. The normalized spacial score (nSPS) is 11.0. The van der Waals surface area contributed by atoms with Gasteiger partial charge in [-0.3, -0.25) is 0 Å². The van der Waals surface area contributed by atoms with Gasteiger partial charge in [-0.2, -0.15) is 0 Å². The van der Waals surface area contributed by atoms with Crippen LogP contribution >= 0.6 is 0 Å². The van der Waals surface area contributed by atoms with Gasteiger partial charge in [0.2, 0.25) is 0 Å². The van der Waals surface area contributed by atoms with E-state index in [4.69, 9.17) is 19.7 Å². The van der Waals surface area contributed by atoms with E-state index in [0.29, 0.717) is 5.82 Å². The van der Waals surface area contributed by atoms with Crippen molar-refractivity contribution in [1.82, 2.24) is 19.5 Å². The number of ether oxygens (including phenoxy) is 1. The topological polar surface area (TPSA) is 52.8 Å². The van der Waals surface area contributed by atoms with Gasteiger partial charge in [-0.1, -0.05) is 60.7 Å². The number of hydrogen-bond acceptors (Lipinski definition) is 4. The molecule has 5 heteroatoms. The molecule has 0 N–H and O–H groups in total. The van der Waals surface area contributed by atoms with Gasteiger partial charge < -0.3 is 9.30 Å². The van der Waals surface area contributed by atoms with E-state index >= 15 is 0 Å². The van der Waals surface area contributed by atoms with Gasteiger partial charge in [0.05, 0.1) is 7.11 Å². The predicted molar refractivity (Wildman–Crippen MR) is 119 cm³/mol. The van der Waals surface area contributed by atoms with E-state index in [-0.39, 0.29) is 0 Å². The molecule has 5 aromatic rings. The molecule has 146 valence electrons. The summed E-state index contributed by atoms with van der Waals surface area (Å²) in [5.41, 5.74) is 5.40. The second-order valence-corrected chi connectivity index (χ2v) is 7.02. The van der Waals surface area contributed by atoms with E-state index < -0.39 is 0 Å². The molecular formula is C25H20N4O. The molecule has 0 aliphatic carbocycles. The summed E-state index contributed by atoms with van der Waals surface area (Å²) in [5.74, 6) is 2.34. The fourth-order valence-electron chi connectivity index (χ4n) is 3.57. The third-order valence-corrected chi connectivity index (χ3v) is 5.15. The highest BCUT2D eigenvalue weighted by Crippen LogP contribution is 2.32. The first-order valence-electron chi connectivity index (χ1n) is 9.74. The molecule has 0 fully saturated rings. The lowest BCUT2D eigenvalue weighted by Crippen LogP contribution is -1.98. The molecule has 0 atom stereocenters. The highest BCUT2D eigenvalue weighted by molar-refractivity contribution is 5.91. The third kappa shape index (κ3) is 3.10. The van der Waals surface area contributed by atoms with E-state index in [9.17, 15) is 0 Å². The number of hydrogen-bond donors (Lipinski definition) is 0. The van der Waals surface area contributed by atoms with Crippen molar-refractivity contribution in [1.29, 1.82) is 0 Å². The molecule has 0 aliphatic heterocycles. The first-order valence-corrected chi connectivity index (χ1v) is 9.74. The Hall–Kier alpha value is -3.99. The number of nitrogens with zero attached hydrogens (tertiary/aromatic N) is 4. The maximum atomic E-state index is 5.29. The lowest BCUT2D eigenvalue weighted by atomic mass is 10.1. The number of aromatic nitrogens is 4. The Morgan fingerprint density at radius 1 is 0.667 bits per heavy atom. The number of benzene rings is 3. The lowest BCUT2D eigenvalue weighted by Gasteiger charge is -2.07. The SMILES string of the molecule is COc1ccc(-c2nc3c(-c4ccccc4)nc(-c4ccccc4)nc3n2C)cc1. The lowest BCUT2D eigenvalue weighted by molar-refractivity contribution is 0.415. The molecule has 5 rings (SSSR count). The zero-order valence-electron chi connectivity index (χ0n) is 16.8. The van der Waals surface area contributed by atoms with Crippen molar-refractivity contribution in [3.63, 3.8) is 0 Å². The zero-order valence-corrected chi connectivity index (χ0v) is 16.8. The smallest absolute Gasteiger partial charge is 0.164 e. The number of rotatable bonds is 4. The summed E-state index contributed by atoms with van der Waals surface area (Å²) in [6.45, 7) is 0. The van der Waals surface area contributed by atoms with E-state index in [1.165, 1.54) is 0 Å². The summed E-state index contributed by atoms with van der Waals surface area (Å²) in [4.78, 5) is 14.7. The van der Waals surface area contributed by atoms with E-state index in [1.54, 1.807) is 7.11 Å². The van der Waals surface area contributed by atoms with E-state index in [2.05, 4.69) is 12.1 Å². The van der Waals surface area contributed by atoms with Crippen LogP contribution in [0.3, 0.4) is 0 Å². The molecule has 2 heterocycles. The van der Waals surface area contributed by atoms with Crippen LogP contribution in [-0.2, 0) is 7.05 Å². The summed E-state index contributed by atoms with van der Waals surface area (Å²) in [6, 6.07) is 28.1. The summed E-state index contributed by atoms with van der Waals surface area (Å²) in [7, 11) is 3.66. The van der Waals surface area contributed by atoms with E-state index in [0.717, 1.165) is 45.1 Å². The van der Waals surface area contributed by atoms with Crippen LogP contribution in [0.2, 0.25) is 0 Å². The second-order valence-electron chi connectivity index (χ2n) is 7.02. The molecule has 3 aromatic carbocycles. The zero-order chi connectivity index (χ0) is 20.5. The van der Waals surface area contributed by atoms with Gasteiger partial charge in [0.1, 0.15) is 22.8 Å². The quantitative estimate of drug-likeness (QED) is 0.412. The van der Waals surface area contributed by atoms with Gasteiger partial charge in [-0.05, 0) is 24.3 Å². The third-order valence-electron chi connectivity index (χ3n) is 5.15. The van der Waals surface area contributed by atoms with Gasteiger partial charge in [-0.15, -0.1) is 0 Å². The van der Waals surface area contributed by atoms with Crippen LogP contribution in [0.25, 0.3) is 45.2 Å². The standard InChI is InChI=1S/C25H20N4O/c1-29-24(19-13-15-20(30-2)16-14-19)27-22-21(17-9-5-3-6-10-17)26-23(28-25(22)29)18-11-7-4-8-12-18/h3-16H,1-2H3. The number of methoxy groups -OCH3 is 1. The summed E-state index contributed by atoms with van der Waals surface area (Å²) < 4.78 is 7.31. The van der Waals surface area contributed by atoms with Gasteiger partial charge in [-0.25, -0.2) is 15.0 Å². The first kappa shape index (κ1) is 18.1. The Morgan fingerprint density at radius 2 is 1.30 bits per heavy atom. The van der Waals surface area contributed by atoms with Crippen molar-refractivity contribution < 1.29 is 4.74 Å². The van der Waals surface area contributed by atoms with Gasteiger partial charge in [0.25, 0.3) is 0 Å². The summed E-state index contributed by atoms with van der Waals surface area (Å²) in [5, 5.41) is 0. The number of aryl methyl sites for hydroxylation is 1. The Balaban J connectivity index is 1.77. The van der Waals surface area contributed by atoms with Crippen molar-refractivity contribution in [2.24, 2.45) is 7.05 Å². The van der Waals surface area contributed by atoms with Crippen molar-refractivity contribution in [3.05, 3.63) is 84.9 Å². The van der Waals surface area contributed by atoms with Crippen molar-refractivity contribution >= 4 is 11.2 Å². The van der Waals surface area contributed by atoms with E-state index in [1.807, 2.05) is 84.4 Å². The molecule has 5 nitrogen and oxygen atoms in total. The average Bonchev–Trinajstić information content (AvgIpc) is 3.16. The minimum Gasteiger partial charge on any atom is -0.497 e. The fourth-order valence-corrected chi connectivity index (χ4v) is 3.57. The molecule has 0 radical (unpaired) electrons. The van der Waals surface area contributed by atoms with Crippen LogP contribution in [0.15, 0.2) is 84.9 Å². The molecular weight excluding hydrogens is 372 g/mol. The van der Waals surface area contributed by atoms with Gasteiger partial charge >= 0.3 is 0 Å². The van der Waals surface area contributed by atoms with Crippen LogP contribution in [0.4, 0.5) is 0 Å². The maximum Gasteiger partial charge on any atom is 0.164 e. The van der Waals surface area contributed by atoms with Crippen molar-refractivity contribution in [2.75, 3.05) is 7.11 Å². The summed E-state index contributed by atoms with van der Waals surface area (Å²) >= 11 is 0. The molecule has 0 unspecified atom stereocenters. The maximum absolute atomic E-state index is 5.29. The molecule has 0 aliphatic rings. The Bertz CT molecular complexity index is 1310. The molecule has 0 saturated heterocycles. The van der Waals surface area contributed by atoms with Gasteiger partial charge in [0.15, 0.2) is 11.5 Å². The highest BCUT2D eigenvalue weighted by Gasteiger charge is 2.18. The fraction of sp³-hybridized carbons (Fsp3) is 0.0800. The molecule has 0 spiro atoms. The molecule has 2 aromatic heterocycles. The number of fused-ring (bicyclic) bond motifs is 1. The van der Waals surface area contributed by atoms with Crippen LogP contribution in [-0.4, -0.2) is 26.6 Å². The first-order chi connectivity index (χ1) is 14.7. The molecule has 30 heavy (non-hydrogen) atoms. The monoisotopic (exact) mass is 392 g/mol. The van der Waals surface area contributed by atoms with Crippen LogP contribution in [0.5, 0.6) is 5.75 Å².